The van der Waals surface area contributed by atoms with Crippen LogP contribution in [0.1, 0.15) is 12.5 Å². The Hall–Kier alpha value is -1.47. The Morgan fingerprint density at radius 3 is 2.61 bits per heavy atom. The molecule has 0 saturated carbocycles. The molecule has 0 aliphatic carbocycles. The summed E-state index contributed by atoms with van der Waals surface area (Å²) in [6.07, 6.45) is 0.165. The molecule has 7 heteroatoms. The van der Waals surface area contributed by atoms with Crippen LogP contribution in [-0.2, 0) is 21.2 Å². The predicted octanol–water partition coefficient (Wildman–Crippen LogP) is 0.761. The van der Waals surface area contributed by atoms with E-state index in [9.17, 15) is 17.6 Å². The summed E-state index contributed by atoms with van der Waals surface area (Å²) in [5, 5.41) is 7.07. The molecule has 0 amide bonds. The number of aliphatic carboxylic acids is 1. The number of hydrogen-bond donors (Lipinski definition) is 2. The largest absolute Gasteiger partial charge is 0.480 e. The minimum atomic E-state index is -3.91. The van der Waals surface area contributed by atoms with E-state index in [2.05, 4.69) is 4.72 Å². The van der Waals surface area contributed by atoms with Crippen molar-refractivity contribution in [3.63, 3.8) is 0 Å². The van der Waals surface area contributed by atoms with E-state index in [1.807, 2.05) is 0 Å². The molecule has 0 aromatic heterocycles. The molecule has 0 aliphatic rings. The summed E-state index contributed by atoms with van der Waals surface area (Å²) in [6.45, 7) is 1.04. The number of carboxylic acids is 1. The molecule has 0 fully saturated rings. The van der Waals surface area contributed by atoms with Crippen LogP contribution < -0.4 is 4.72 Å². The predicted molar refractivity (Wildman–Crippen MR) is 64.1 cm³/mol. The Morgan fingerprint density at radius 2 is 2.06 bits per heavy atom. The van der Waals surface area contributed by atoms with Crippen LogP contribution in [0.5, 0.6) is 0 Å². The molecule has 0 radical (unpaired) electrons. The molecule has 5 nitrogen and oxygen atoms in total. The lowest BCUT2D eigenvalue weighted by Gasteiger charge is -2.10. The molecule has 1 rings (SSSR count). The first-order valence-electron chi connectivity index (χ1n) is 5.29. The molecule has 1 unspecified atom stereocenters. The molecule has 1 aromatic carbocycles. The second-order valence-corrected chi connectivity index (χ2v) is 5.85. The van der Waals surface area contributed by atoms with E-state index in [1.165, 1.54) is 12.1 Å². The smallest absolute Gasteiger partial charge is 0.323 e. The SMILES string of the molecule is CC(C(=O)O)S(=O)(=O)NCCc1ccccc1F. The standard InChI is InChI=1S/C11H14FNO4S/c1-8(11(14)15)18(16,17)13-7-6-9-4-2-3-5-10(9)12/h2-5,8,13H,6-7H2,1H3,(H,14,15). The van der Waals surface area contributed by atoms with Crippen LogP contribution in [0.25, 0.3) is 0 Å². The van der Waals surface area contributed by atoms with Gasteiger partial charge in [0.25, 0.3) is 0 Å². The number of halogens is 1. The summed E-state index contributed by atoms with van der Waals surface area (Å²) in [7, 11) is -3.91. The summed E-state index contributed by atoms with van der Waals surface area (Å²) in [5.41, 5.74) is 0.378. The van der Waals surface area contributed by atoms with Gasteiger partial charge < -0.3 is 5.11 Å². The van der Waals surface area contributed by atoms with Crippen molar-refractivity contribution in [2.45, 2.75) is 18.6 Å². The average molecular weight is 275 g/mol. The highest BCUT2D eigenvalue weighted by Crippen LogP contribution is 2.07. The van der Waals surface area contributed by atoms with Gasteiger partial charge in [0.2, 0.25) is 10.0 Å². The molecule has 0 saturated heterocycles. The van der Waals surface area contributed by atoms with Gasteiger partial charge in [0, 0.05) is 6.54 Å². The molecular formula is C11H14FNO4S. The second-order valence-electron chi connectivity index (χ2n) is 3.76. The van der Waals surface area contributed by atoms with E-state index in [1.54, 1.807) is 12.1 Å². The number of hydrogen-bond acceptors (Lipinski definition) is 3. The molecule has 1 atom stereocenters. The molecular weight excluding hydrogens is 261 g/mol. The van der Waals surface area contributed by atoms with Crippen molar-refractivity contribution < 1.29 is 22.7 Å². The zero-order chi connectivity index (χ0) is 13.8. The van der Waals surface area contributed by atoms with Gasteiger partial charge in [-0.2, -0.15) is 0 Å². The van der Waals surface area contributed by atoms with Crippen molar-refractivity contribution in [3.8, 4) is 0 Å². The number of carboxylic acid groups (broad SMARTS) is 1. The van der Waals surface area contributed by atoms with Gasteiger partial charge in [0.15, 0.2) is 5.25 Å². The lowest BCUT2D eigenvalue weighted by molar-refractivity contribution is -0.136. The fourth-order valence-electron chi connectivity index (χ4n) is 1.29. The summed E-state index contributed by atoms with van der Waals surface area (Å²) in [4.78, 5) is 10.6. The maximum Gasteiger partial charge on any atom is 0.323 e. The molecule has 18 heavy (non-hydrogen) atoms. The van der Waals surface area contributed by atoms with Crippen LogP contribution in [0.2, 0.25) is 0 Å². The van der Waals surface area contributed by atoms with E-state index < -0.39 is 27.1 Å². The normalized spacial score (nSPS) is 13.2. The number of sulfonamides is 1. The van der Waals surface area contributed by atoms with Crippen LogP contribution >= 0.6 is 0 Å². The first-order chi connectivity index (χ1) is 8.34. The molecule has 0 spiro atoms. The Bertz CT molecular complexity index is 530. The highest BCUT2D eigenvalue weighted by atomic mass is 32.2. The van der Waals surface area contributed by atoms with E-state index in [-0.39, 0.29) is 13.0 Å². The van der Waals surface area contributed by atoms with Crippen LogP contribution in [-0.4, -0.2) is 31.3 Å². The molecule has 0 bridgehead atoms. The van der Waals surface area contributed by atoms with Crippen molar-refractivity contribution in [2.75, 3.05) is 6.54 Å². The van der Waals surface area contributed by atoms with Gasteiger partial charge in [-0.05, 0) is 25.0 Å². The third kappa shape index (κ3) is 3.78. The van der Waals surface area contributed by atoms with Gasteiger partial charge in [-0.15, -0.1) is 0 Å². The summed E-state index contributed by atoms with van der Waals surface area (Å²) < 4.78 is 38.3. The van der Waals surface area contributed by atoms with Gasteiger partial charge in [-0.1, -0.05) is 18.2 Å². The first kappa shape index (κ1) is 14.6. The summed E-state index contributed by atoms with van der Waals surface area (Å²) in [6, 6.07) is 6.01. The number of benzene rings is 1. The van der Waals surface area contributed by atoms with Crippen molar-refractivity contribution in [1.82, 2.24) is 4.72 Å². The molecule has 0 aliphatic heterocycles. The molecule has 100 valence electrons. The van der Waals surface area contributed by atoms with Gasteiger partial charge >= 0.3 is 5.97 Å². The minimum Gasteiger partial charge on any atom is -0.480 e. The van der Waals surface area contributed by atoms with Gasteiger partial charge in [-0.25, -0.2) is 17.5 Å². The second kappa shape index (κ2) is 5.92. The van der Waals surface area contributed by atoms with Crippen LogP contribution in [0, 0.1) is 5.82 Å². The van der Waals surface area contributed by atoms with E-state index in [0.717, 1.165) is 6.92 Å². The average Bonchev–Trinajstić information content (AvgIpc) is 2.30. The maximum absolute atomic E-state index is 13.2. The van der Waals surface area contributed by atoms with E-state index in [4.69, 9.17) is 5.11 Å². The summed E-state index contributed by atoms with van der Waals surface area (Å²) >= 11 is 0. The minimum absolute atomic E-state index is 0.0408. The van der Waals surface area contributed by atoms with Crippen molar-refractivity contribution >= 4 is 16.0 Å². The van der Waals surface area contributed by atoms with Crippen molar-refractivity contribution in [2.24, 2.45) is 0 Å². The number of carbonyl (C=O) groups is 1. The summed E-state index contributed by atoms with van der Waals surface area (Å²) in [5.74, 6) is -1.84. The first-order valence-corrected chi connectivity index (χ1v) is 6.84. The van der Waals surface area contributed by atoms with Gasteiger partial charge in [0.05, 0.1) is 0 Å². The topological polar surface area (TPSA) is 83.5 Å². The number of rotatable bonds is 6. The van der Waals surface area contributed by atoms with E-state index >= 15 is 0 Å². The lowest BCUT2D eigenvalue weighted by atomic mass is 10.1. The lowest BCUT2D eigenvalue weighted by Crippen LogP contribution is -2.38. The Morgan fingerprint density at radius 1 is 1.44 bits per heavy atom. The van der Waals surface area contributed by atoms with Crippen molar-refractivity contribution in [1.29, 1.82) is 0 Å². The van der Waals surface area contributed by atoms with E-state index in [0.29, 0.717) is 5.56 Å². The van der Waals surface area contributed by atoms with Crippen LogP contribution in [0.4, 0.5) is 4.39 Å². The zero-order valence-corrected chi connectivity index (χ0v) is 10.6. The number of nitrogens with one attached hydrogen (secondary N) is 1. The Balaban J connectivity index is 2.57. The Labute approximate surface area is 105 Å². The Kier molecular flexibility index (Phi) is 4.80. The fraction of sp³-hybridized carbons (Fsp3) is 0.364. The van der Waals surface area contributed by atoms with Gasteiger partial charge in [0.1, 0.15) is 5.82 Å². The molecule has 0 heterocycles. The molecule has 1 aromatic rings. The zero-order valence-electron chi connectivity index (χ0n) is 9.76. The third-order valence-corrected chi connectivity index (χ3v) is 4.21. The third-order valence-electron chi connectivity index (χ3n) is 2.47. The van der Waals surface area contributed by atoms with Crippen molar-refractivity contribution in [3.05, 3.63) is 35.6 Å². The monoisotopic (exact) mass is 275 g/mol. The quantitative estimate of drug-likeness (QED) is 0.803. The molecule has 2 N–H and O–H groups in total. The highest BCUT2D eigenvalue weighted by Gasteiger charge is 2.26. The maximum atomic E-state index is 13.2. The fourth-order valence-corrected chi connectivity index (χ4v) is 2.19. The van der Waals surface area contributed by atoms with Crippen LogP contribution in [0.15, 0.2) is 24.3 Å². The van der Waals surface area contributed by atoms with Gasteiger partial charge in [-0.3, -0.25) is 4.79 Å². The highest BCUT2D eigenvalue weighted by molar-refractivity contribution is 7.90. The van der Waals surface area contributed by atoms with Crippen LogP contribution in [0.3, 0.4) is 0 Å².